The highest BCUT2D eigenvalue weighted by molar-refractivity contribution is 6.00. The summed E-state index contributed by atoms with van der Waals surface area (Å²) >= 11 is 0. The predicted molar refractivity (Wildman–Crippen MR) is 79.7 cm³/mol. The van der Waals surface area contributed by atoms with Gasteiger partial charge in [-0.05, 0) is 57.7 Å². The molecule has 0 unspecified atom stereocenters. The van der Waals surface area contributed by atoms with Crippen LogP contribution < -0.4 is 5.32 Å². The second kappa shape index (κ2) is 5.64. The molecule has 1 amide bonds. The van der Waals surface area contributed by atoms with Crippen LogP contribution in [0.25, 0.3) is 0 Å². The molecule has 1 aliphatic rings. The molecule has 0 spiro atoms. The lowest BCUT2D eigenvalue weighted by atomic mass is 9.96. The average molecular weight is 260 g/mol. The highest BCUT2D eigenvalue weighted by Crippen LogP contribution is 2.27. The Morgan fingerprint density at radius 1 is 1.26 bits per heavy atom. The first-order valence-electron chi connectivity index (χ1n) is 7.15. The molecule has 1 aromatic carbocycles. The molecule has 0 radical (unpaired) electrons. The van der Waals surface area contributed by atoms with Gasteiger partial charge in [0.1, 0.15) is 0 Å². The Morgan fingerprint density at radius 3 is 2.47 bits per heavy atom. The number of carbonyl (C=O) groups excluding carboxylic acids is 1. The number of nitrogens with zero attached hydrogens (tertiary/aromatic N) is 1. The molecule has 0 saturated carbocycles. The molecule has 1 saturated heterocycles. The molecule has 1 aromatic rings. The fourth-order valence-corrected chi connectivity index (χ4v) is 3.01. The maximum absolute atomic E-state index is 12.8. The lowest BCUT2D eigenvalue weighted by molar-refractivity contribution is 0.0512. The molecular weight excluding hydrogens is 236 g/mol. The normalized spacial score (nSPS) is 23.3. The van der Waals surface area contributed by atoms with Crippen LogP contribution in [0.3, 0.4) is 0 Å². The first-order valence-corrected chi connectivity index (χ1v) is 7.15. The molecule has 0 aromatic heterocycles. The van der Waals surface area contributed by atoms with Crippen molar-refractivity contribution >= 4 is 11.6 Å². The summed E-state index contributed by atoms with van der Waals surface area (Å²) in [5.41, 5.74) is 2.88. The van der Waals surface area contributed by atoms with Crippen molar-refractivity contribution < 1.29 is 4.79 Å². The number of amides is 1. The lowest BCUT2D eigenvalue weighted by Gasteiger charge is -2.39. The summed E-state index contributed by atoms with van der Waals surface area (Å²) in [4.78, 5) is 14.8. The van der Waals surface area contributed by atoms with Crippen molar-refractivity contribution in [3.05, 3.63) is 29.3 Å². The number of anilines is 1. The molecule has 1 N–H and O–H groups in total. The van der Waals surface area contributed by atoms with Crippen LogP contribution in [0.4, 0.5) is 5.69 Å². The zero-order valence-electron chi connectivity index (χ0n) is 12.4. The number of carbonyl (C=O) groups is 1. The van der Waals surface area contributed by atoms with Gasteiger partial charge in [-0.1, -0.05) is 6.07 Å². The smallest absolute Gasteiger partial charge is 0.256 e. The van der Waals surface area contributed by atoms with E-state index in [0.29, 0.717) is 12.1 Å². The monoisotopic (exact) mass is 260 g/mol. The zero-order valence-corrected chi connectivity index (χ0v) is 12.4. The fourth-order valence-electron chi connectivity index (χ4n) is 3.01. The Kier molecular flexibility index (Phi) is 4.13. The Labute approximate surface area is 116 Å². The van der Waals surface area contributed by atoms with Gasteiger partial charge in [0.25, 0.3) is 5.91 Å². The van der Waals surface area contributed by atoms with Gasteiger partial charge in [0, 0.05) is 24.8 Å². The van der Waals surface area contributed by atoms with Crippen molar-refractivity contribution in [1.82, 2.24) is 4.90 Å². The number of rotatable bonds is 2. The van der Waals surface area contributed by atoms with Crippen LogP contribution in [0.5, 0.6) is 0 Å². The number of aryl methyl sites for hydroxylation is 1. The molecule has 19 heavy (non-hydrogen) atoms. The Balaban J connectivity index is 2.32. The SMILES string of the molecule is CNc1cc(C)ccc1C(=O)N1[C@H](C)CCC[C@@H]1C. The molecule has 2 atom stereocenters. The van der Waals surface area contributed by atoms with Gasteiger partial charge in [-0.15, -0.1) is 0 Å². The van der Waals surface area contributed by atoms with E-state index in [-0.39, 0.29) is 5.91 Å². The average Bonchev–Trinajstić information content (AvgIpc) is 2.38. The van der Waals surface area contributed by atoms with E-state index in [4.69, 9.17) is 0 Å². The van der Waals surface area contributed by atoms with Crippen molar-refractivity contribution in [2.75, 3.05) is 12.4 Å². The van der Waals surface area contributed by atoms with Crippen molar-refractivity contribution in [2.24, 2.45) is 0 Å². The Bertz CT molecular complexity index is 460. The quantitative estimate of drug-likeness (QED) is 0.883. The van der Waals surface area contributed by atoms with Gasteiger partial charge in [0.2, 0.25) is 0 Å². The fraction of sp³-hybridized carbons (Fsp3) is 0.562. The van der Waals surface area contributed by atoms with Gasteiger partial charge in [-0.2, -0.15) is 0 Å². The molecule has 1 fully saturated rings. The van der Waals surface area contributed by atoms with E-state index >= 15 is 0 Å². The standard InChI is InChI=1S/C16H24N2O/c1-11-8-9-14(15(10-11)17-4)16(19)18-12(2)6-5-7-13(18)3/h8-10,12-13,17H,5-7H2,1-4H3/t12-,13+. The number of nitrogens with one attached hydrogen (secondary N) is 1. The molecule has 3 nitrogen and oxygen atoms in total. The lowest BCUT2D eigenvalue weighted by Crippen LogP contribution is -2.47. The zero-order chi connectivity index (χ0) is 14.0. The summed E-state index contributed by atoms with van der Waals surface area (Å²) in [6, 6.07) is 6.65. The van der Waals surface area contributed by atoms with Crippen LogP contribution in [0.15, 0.2) is 18.2 Å². The molecule has 0 aliphatic carbocycles. The summed E-state index contributed by atoms with van der Waals surface area (Å²) < 4.78 is 0. The molecule has 1 heterocycles. The molecule has 1 aliphatic heterocycles. The van der Waals surface area contributed by atoms with Gasteiger partial charge in [0.05, 0.1) is 5.56 Å². The van der Waals surface area contributed by atoms with Crippen molar-refractivity contribution in [2.45, 2.75) is 52.1 Å². The van der Waals surface area contributed by atoms with E-state index in [2.05, 4.69) is 24.1 Å². The van der Waals surface area contributed by atoms with Crippen LogP contribution in [-0.2, 0) is 0 Å². The van der Waals surface area contributed by atoms with Gasteiger partial charge >= 0.3 is 0 Å². The second-order valence-electron chi connectivity index (χ2n) is 5.64. The molecular formula is C16H24N2O. The van der Waals surface area contributed by atoms with Gasteiger partial charge in [-0.25, -0.2) is 0 Å². The number of likely N-dealkylation sites (tertiary alicyclic amines) is 1. The van der Waals surface area contributed by atoms with Crippen LogP contribution in [0, 0.1) is 6.92 Å². The van der Waals surface area contributed by atoms with Crippen LogP contribution in [-0.4, -0.2) is 29.9 Å². The van der Waals surface area contributed by atoms with E-state index in [1.807, 2.05) is 32.2 Å². The second-order valence-corrected chi connectivity index (χ2v) is 5.64. The van der Waals surface area contributed by atoms with Gasteiger partial charge in [0.15, 0.2) is 0 Å². The summed E-state index contributed by atoms with van der Waals surface area (Å²) in [6.45, 7) is 6.35. The highest BCUT2D eigenvalue weighted by Gasteiger charge is 2.30. The minimum absolute atomic E-state index is 0.157. The summed E-state index contributed by atoms with van der Waals surface area (Å²) in [6.07, 6.45) is 3.44. The number of hydrogen-bond acceptors (Lipinski definition) is 2. The third kappa shape index (κ3) is 2.75. The Morgan fingerprint density at radius 2 is 1.89 bits per heavy atom. The van der Waals surface area contributed by atoms with Crippen LogP contribution >= 0.6 is 0 Å². The molecule has 0 bridgehead atoms. The van der Waals surface area contributed by atoms with Crippen LogP contribution in [0.2, 0.25) is 0 Å². The predicted octanol–water partition coefficient (Wildman–Crippen LogP) is 3.44. The maximum Gasteiger partial charge on any atom is 0.256 e. The number of piperidine rings is 1. The van der Waals surface area contributed by atoms with Crippen LogP contribution in [0.1, 0.15) is 49.0 Å². The summed E-state index contributed by atoms with van der Waals surface area (Å²) in [5, 5.41) is 3.14. The van der Waals surface area contributed by atoms with Gasteiger partial charge in [-0.3, -0.25) is 4.79 Å². The van der Waals surface area contributed by atoms with E-state index < -0.39 is 0 Å². The van der Waals surface area contributed by atoms with E-state index in [1.165, 1.54) is 12.0 Å². The summed E-state index contributed by atoms with van der Waals surface area (Å²) in [5.74, 6) is 0.157. The third-order valence-corrected chi connectivity index (χ3v) is 4.10. The minimum Gasteiger partial charge on any atom is -0.387 e. The largest absolute Gasteiger partial charge is 0.387 e. The molecule has 104 valence electrons. The molecule has 3 heteroatoms. The van der Waals surface area contributed by atoms with E-state index in [0.717, 1.165) is 24.1 Å². The maximum atomic E-state index is 12.8. The van der Waals surface area contributed by atoms with Crippen molar-refractivity contribution in [3.8, 4) is 0 Å². The van der Waals surface area contributed by atoms with Crippen molar-refractivity contribution in [1.29, 1.82) is 0 Å². The van der Waals surface area contributed by atoms with Crippen molar-refractivity contribution in [3.63, 3.8) is 0 Å². The van der Waals surface area contributed by atoms with Gasteiger partial charge < -0.3 is 10.2 Å². The Hall–Kier alpha value is -1.51. The topological polar surface area (TPSA) is 32.3 Å². The summed E-state index contributed by atoms with van der Waals surface area (Å²) in [7, 11) is 1.87. The first-order chi connectivity index (χ1) is 9.04. The third-order valence-electron chi connectivity index (χ3n) is 4.10. The number of hydrogen-bond donors (Lipinski definition) is 1. The minimum atomic E-state index is 0.157. The molecule has 2 rings (SSSR count). The number of benzene rings is 1. The van der Waals surface area contributed by atoms with E-state index in [9.17, 15) is 4.79 Å². The highest BCUT2D eigenvalue weighted by atomic mass is 16.2. The van der Waals surface area contributed by atoms with E-state index in [1.54, 1.807) is 0 Å². The first kappa shape index (κ1) is 13.9.